The number of nitrogens with zero attached hydrogens (tertiary/aromatic N) is 2. The van der Waals surface area contributed by atoms with E-state index in [1.54, 1.807) is 0 Å². The number of rotatable bonds is 7. The summed E-state index contributed by atoms with van der Waals surface area (Å²) < 4.78 is 5.89. The first-order valence-electron chi connectivity index (χ1n) is 12.4. The van der Waals surface area contributed by atoms with Gasteiger partial charge in [0, 0.05) is 32.2 Å². The van der Waals surface area contributed by atoms with Crippen molar-refractivity contribution < 1.29 is 9.84 Å². The molecule has 1 aliphatic heterocycles. The van der Waals surface area contributed by atoms with Crippen molar-refractivity contribution in [2.45, 2.75) is 64.7 Å². The van der Waals surface area contributed by atoms with Gasteiger partial charge in [-0.3, -0.25) is 0 Å². The first kappa shape index (κ1) is 20.3. The summed E-state index contributed by atoms with van der Waals surface area (Å²) in [5.41, 5.74) is 3.43. The summed E-state index contributed by atoms with van der Waals surface area (Å²) in [4.78, 5) is 7.36. The van der Waals surface area contributed by atoms with E-state index >= 15 is 0 Å². The van der Waals surface area contributed by atoms with Crippen LogP contribution in [0, 0.1) is 35.5 Å². The van der Waals surface area contributed by atoms with Crippen LogP contribution in [0.5, 0.6) is 0 Å². The van der Waals surface area contributed by atoms with Crippen LogP contribution in [-0.2, 0) is 4.74 Å². The lowest BCUT2D eigenvalue weighted by molar-refractivity contribution is -0.243. The van der Waals surface area contributed by atoms with Crippen LogP contribution in [0.4, 0.5) is 11.5 Å². The molecule has 0 aromatic carbocycles. The Morgan fingerprint density at radius 1 is 1.19 bits per heavy atom. The second-order valence-corrected chi connectivity index (χ2v) is 11.3. The zero-order valence-electron chi connectivity index (χ0n) is 19.2. The molecule has 3 N–H and O–H groups in total. The van der Waals surface area contributed by atoms with Gasteiger partial charge in [-0.25, -0.2) is 4.98 Å². The molecule has 4 saturated carbocycles. The van der Waals surface area contributed by atoms with Gasteiger partial charge in [0.05, 0.1) is 30.2 Å². The number of anilines is 2. The highest BCUT2D eigenvalue weighted by Crippen LogP contribution is 2.86. The fraction of sp³-hybridized carbons (Fsp3) is 0.800. The third-order valence-corrected chi connectivity index (χ3v) is 9.64. The van der Waals surface area contributed by atoms with Crippen molar-refractivity contribution in [3.63, 3.8) is 0 Å². The maximum Gasteiger partial charge on any atom is 0.129 e. The van der Waals surface area contributed by atoms with Gasteiger partial charge in [0.2, 0.25) is 0 Å². The molecule has 0 radical (unpaired) electrons. The number of aromatic nitrogens is 1. The van der Waals surface area contributed by atoms with E-state index in [4.69, 9.17) is 9.72 Å². The van der Waals surface area contributed by atoms with Gasteiger partial charge >= 0.3 is 0 Å². The molecule has 4 aliphatic carbocycles. The quantitative estimate of drug-likeness (QED) is 0.583. The SMILES string of the molecule is Cc1nc(N2C[C@@H](C)O[C@@H](C)C2)ccc1NC1C2CC3(CNCCO)CC4CC1C43C2. The molecule has 2 heterocycles. The number of hydrogen-bond donors (Lipinski definition) is 3. The number of hydrogen-bond acceptors (Lipinski definition) is 6. The molecule has 1 saturated heterocycles. The van der Waals surface area contributed by atoms with Gasteiger partial charge in [-0.15, -0.1) is 0 Å². The molecule has 170 valence electrons. The average Bonchev–Trinajstić information content (AvgIpc) is 3.17. The van der Waals surface area contributed by atoms with Gasteiger partial charge in [0.25, 0.3) is 0 Å². The van der Waals surface area contributed by atoms with Crippen molar-refractivity contribution in [3.05, 3.63) is 17.8 Å². The van der Waals surface area contributed by atoms with E-state index in [1.807, 2.05) is 0 Å². The fourth-order valence-corrected chi connectivity index (χ4v) is 8.71. The van der Waals surface area contributed by atoms with Crippen LogP contribution in [0.15, 0.2) is 12.1 Å². The minimum absolute atomic E-state index is 0.244. The Bertz CT molecular complexity index is 854. The molecule has 31 heavy (non-hydrogen) atoms. The van der Waals surface area contributed by atoms with Gasteiger partial charge in [-0.2, -0.15) is 0 Å². The number of fused-ring (bicyclic) bond motifs is 1. The number of nitrogens with one attached hydrogen (secondary N) is 2. The van der Waals surface area contributed by atoms with E-state index < -0.39 is 0 Å². The molecule has 6 rings (SSSR count). The summed E-state index contributed by atoms with van der Waals surface area (Å²) in [7, 11) is 0. The standard InChI is InChI=1S/C25H38N4O2/c1-15-12-29(13-16(2)31-15)22-5-4-21(17(3)27-22)28-23-18-9-24(14-26-6-7-30)11-19-8-20(23)25(19,24)10-18/h4-5,15-16,18-20,23,26,28,30H,6-14H2,1-3H3/t15-,16+,18?,19?,20?,23?,24?,25?. The van der Waals surface area contributed by atoms with Gasteiger partial charge in [-0.1, -0.05) is 0 Å². The molecule has 5 aliphatic rings. The molecule has 1 aromatic rings. The van der Waals surface area contributed by atoms with Gasteiger partial charge in [-0.05, 0) is 87.2 Å². The van der Waals surface area contributed by atoms with Gasteiger partial charge < -0.3 is 25.4 Å². The largest absolute Gasteiger partial charge is 0.395 e. The van der Waals surface area contributed by atoms with Crippen LogP contribution in [0.1, 0.15) is 45.2 Å². The first-order valence-corrected chi connectivity index (χ1v) is 12.4. The van der Waals surface area contributed by atoms with Crippen molar-refractivity contribution in [1.82, 2.24) is 10.3 Å². The second kappa shape index (κ2) is 7.06. The molecule has 5 fully saturated rings. The minimum atomic E-state index is 0.244. The molecular formula is C25H38N4O2. The maximum absolute atomic E-state index is 9.17. The Balaban J connectivity index is 1.16. The highest BCUT2D eigenvalue weighted by Gasteiger charge is 2.82. The zero-order chi connectivity index (χ0) is 21.4. The van der Waals surface area contributed by atoms with E-state index in [9.17, 15) is 5.11 Å². The van der Waals surface area contributed by atoms with Crippen molar-refractivity contribution in [2.24, 2.45) is 28.6 Å². The van der Waals surface area contributed by atoms with E-state index in [-0.39, 0.29) is 18.8 Å². The Morgan fingerprint density at radius 3 is 2.71 bits per heavy atom. The van der Waals surface area contributed by atoms with Gasteiger partial charge in [0.15, 0.2) is 0 Å². The maximum atomic E-state index is 9.17. The fourth-order valence-electron chi connectivity index (χ4n) is 8.71. The lowest BCUT2D eigenvalue weighted by Gasteiger charge is -2.74. The van der Waals surface area contributed by atoms with Gasteiger partial charge in [0.1, 0.15) is 5.82 Å². The van der Waals surface area contributed by atoms with Crippen LogP contribution in [0.2, 0.25) is 0 Å². The normalized spacial score (nSPS) is 44.6. The minimum Gasteiger partial charge on any atom is -0.395 e. The smallest absolute Gasteiger partial charge is 0.129 e. The number of aryl methyl sites for hydroxylation is 1. The van der Waals surface area contributed by atoms with Crippen molar-refractivity contribution in [1.29, 1.82) is 0 Å². The molecule has 1 spiro atoms. The molecule has 6 unspecified atom stereocenters. The highest BCUT2D eigenvalue weighted by molar-refractivity contribution is 5.55. The molecule has 0 amide bonds. The summed E-state index contributed by atoms with van der Waals surface area (Å²) in [6.07, 6.45) is 6.08. The number of aliphatic hydroxyl groups is 1. The molecule has 1 aromatic heterocycles. The van der Waals surface area contributed by atoms with Crippen LogP contribution in [0.25, 0.3) is 0 Å². The molecule has 8 atom stereocenters. The van der Waals surface area contributed by atoms with Crippen LogP contribution in [-0.4, -0.2) is 61.1 Å². The third kappa shape index (κ3) is 2.77. The lowest BCUT2D eigenvalue weighted by atomic mass is 9.31. The zero-order valence-corrected chi connectivity index (χ0v) is 19.2. The predicted molar refractivity (Wildman–Crippen MR) is 122 cm³/mol. The van der Waals surface area contributed by atoms with E-state index in [2.05, 4.69) is 48.4 Å². The Kier molecular flexibility index (Phi) is 4.61. The molecule has 2 bridgehead atoms. The summed E-state index contributed by atoms with van der Waals surface area (Å²) in [6.45, 7) is 10.3. The average molecular weight is 427 g/mol. The molecular weight excluding hydrogens is 388 g/mol. The summed E-state index contributed by atoms with van der Waals surface area (Å²) in [6, 6.07) is 5.07. The Labute approximate surface area is 186 Å². The number of ether oxygens (including phenoxy) is 1. The third-order valence-electron chi connectivity index (χ3n) is 9.64. The summed E-state index contributed by atoms with van der Waals surface area (Å²) >= 11 is 0. The van der Waals surface area contributed by atoms with Crippen LogP contribution >= 0.6 is 0 Å². The van der Waals surface area contributed by atoms with Crippen molar-refractivity contribution in [2.75, 3.05) is 43.0 Å². The van der Waals surface area contributed by atoms with E-state index in [0.29, 0.717) is 16.9 Å². The second-order valence-electron chi connectivity index (χ2n) is 11.3. The monoisotopic (exact) mass is 426 g/mol. The number of morpholine rings is 1. The first-order chi connectivity index (χ1) is 15.0. The highest BCUT2D eigenvalue weighted by atomic mass is 16.5. The van der Waals surface area contributed by atoms with Crippen LogP contribution < -0.4 is 15.5 Å². The van der Waals surface area contributed by atoms with Crippen LogP contribution in [0.3, 0.4) is 0 Å². The lowest BCUT2D eigenvalue weighted by Crippen LogP contribution is -2.72. The Morgan fingerprint density at radius 2 is 2.00 bits per heavy atom. The summed E-state index contributed by atoms with van der Waals surface area (Å²) in [5, 5.41) is 16.7. The molecule has 6 nitrogen and oxygen atoms in total. The van der Waals surface area contributed by atoms with E-state index in [0.717, 1.165) is 55.4 Å². The topological polar surface area (TPSA) is 69.7 Å². The number of pyridine rings is 1. The number of aliphatic hydroxyl groups excluding tert-OH is 1. The predicted octanol–water partition coefficient (Wildman–Crippen LogP) is 2.80. The Hall–Kier alpha value is -1.37. The molecule has 6 heteroatoms. The van der Waals surface area contributed by atoms with Crippen molar-refractivity contribution in [3.8, 4) is 0 Å². The summed E-state index contributed by atoms with van der Waals surface area (Å²) in [5.74, 6) is 3.64. The van der Waals surface area contributed by atoms with E-state index in [1.165, 1.54) is 31.4 Å². The van der Waals surface area contributed by atoms with Crippen molar-refractivity contribution >= 4 is 11.5 Å².